The number of aromatic nitrogens is 1. The first-order valence-electron chi connectivity index (χ1n) is 6.68. The molecule has 0 saturated carbocycles. The zero-order valence-electron chi connectivity index (χ0n) is 12.4. The first-order valence-corrected chi connectivity index (χ1v) is 7.50. The van der Waals surface area contributed by atoms with Gasteiger partial charge in [-0.15, -0.1) is 0 Å². The molecule has 0 aliphatic rings. The molecular weight excluding hydrogens is 260 g/mol. The average molecular weight is 284 g/mol. The fourth-order valence-electron chi connectivity index (χ4n) is 1.76. The van der Waals surface area contributed by atoms with Crippen LogP contribution in [0.5, 0.6) is 0 Å². The predicted octanol–water partition coefficient (Wildman–Crippen LogP) is 2.35. The van der Waals surface area contributed by atoms with Gasteiger partial charge >= 0.3 is 0 Å². The number of hydrogen-bond acceptors (Lipinski definition) is 5. The van der Waals surface area contributed by atoms with Crippen LogP contribution in [0.2, 0.25) is 0 Å². The van der Waals surface area contributed by atoms with Crippen LogP contribution < -0.4 is 16.0 Å². The molecule has 1 unspecified atom stereocenters. The molecule has 1 rings (SSSR count). The van der Waals surface area contributed by atoms with Crippen molar-refractivity contribution in [2.45, 2.75) is 40.2 Å². The smallest absolute Gasteiger partial charge is 0.265 e. The van der Waals surface area contributed by atoms with Crippen LogP contribution in [-0.4, -0.2) is 30.5 Å². The number of carbonyl (C=O) groups excluding carboxylic acids is 1. The Hall–Kier alpha value is -1.30. The van der Waals surface area contributed by atoms with E-state index in [4.69, 9.17) is 5.73 Å². The van der Waals surface area contributed by atoms with Crippen LogP contribution in [0.4, 0.5) is 10.9 Å². The number of carbonyl (C=O) groups is 1. The zero-order valence-corrected chi connectivity index (χ0v) is 13.2. The van der Waals surface area contributed by atoms with Crippen LogP contribution in [0.25, 0.3) is 0 Å². The number of rotatable bonds is 6. The van der Waals surface area contributed by atoms with Gasteiger partial charge in [-0.3, -0.25) is 4.79 Å². The highest BCUT2D eigenvalue weighted by molar-refractivity contribution is 7.18. The molecule has 0 radical (unpaired) electrons. The highest BCUT2D eigenvalue weighted by Crippen LogP contribution is 2.27. The van der Waals surface area contributed by atoms with Crippen molar-refractivity contribution in [2.75, 3.05) is 24.2 Å². The van der Waals surface area contributed by atoms with Gasteiger partial charge in [0.15, 0.2) is 5.13 Å². The minimum Gasteiger partial charge on any atom is -0.382 e. The Kier molecular flexibility index (Phi) is 5.60. The number of nitrogens with two attached hydrogens (primary N) is 1. The fourth-order valence-corrected chi connectivity index (χ4v) is 2.67. The molecule has 3 N–H and O–H groups in total. The number of amides is 1. The number of nitrogen functional groups attached to an aromatic ring is 1. The van der Waals surface area contributed by atoms with Crippen molar-refractivity contribution >= 4 is 28.2 Å². The van der Waals surface area contributed by atoms with Gasteiger partial charge in [0.1, 0.15) is 10.7 Å². The van der Waals surface area contributed by atoms with E-state index < -0.39 is 0 Å². The maximum atomic E-state index is 12.2. The van der Waals surface area contributed by atoms with E-state index in [1.54, 1.807) is 0 Å². The third kappa shape index (κ3) is 3.83. The molecule has 0 aliphatic carbocycles. The van der Waals surface area contributed by atoms with Crippen molar-refractivity contribution in [1.82, 2.24) is 10.3 Å². The second-order valence-electron chi connectivity index (χ2n) is 4.96. The first-order chi connectivity index (χ1) is 8.90. The van der Waals surface area contributed by atoms with Crippen LogP contribution in [-0.2, 0) is 0 Å². The predicted molar refractivity (Wildman–Crippen MR) is 81.9 cm³/mol. The summed E-state index contributed by atoms with van der Waals surface area (Å²) < 4.78 is 0. The van der Waals surface area contributed by atoms with Crippen molar-refractivity contribution in [1.29, 1.82) is 0 Å². The SMILES string of the molecule is CCC(NC(=O)c1sc(N(C)CC)nc1N)C(C)C. The summed E-state index contributed by atoms with van der Waals surface area (Å²) in [5.41, 5.74) is 5.84. The molecule has 1 aromatic rings. The zero-order chi connectivity index (χ0) is 14.6. The Bertz CT molecular complexity index is 430. The van der Waals surface area contributed by atoms with Gasteiger partial charge in [-0.25, -0.2) is 4.98 Å². The van der Waals surface area contributed by atoms with Crippen LogP contribution in [0.1, 0.15) is 43.8 Å². The lowest BCUT2D eigenvalue weighted by molar-refractivity contribution is 0.0929. The molecule has 0 fully saturated rings. The first kappa shape index (κ1) is 15.8. The Balaban J connectivity index is 2.85. The van der Waals surface area contributed by atoms with Gasteiger partial charge in [-0.05, 0) is 19.3 Å². The molecule has 0 saturated heterocycles. The maximum absolute atomic E-state index is 12.2. The minimum absolute atomic E-state index is 0.119. The standard InChI is InChI=1S/C13H24N4OS/c1-6-9(8(3)4)15-12(18)10-11(14)16-13(19-10)17(5)7-2/h8-9H,6-7,14H2,1-5H3,(H,15,18). The van der Waals surface area contributed by atoms with Crippen molar-refractivity contribution in [3.8, 4) is 0 Å². The van der Waals surface area contributed by atoms with Crippen LogP contribution in [0.3, 0.4) is 0 Å². The maximum Gasteiger partial charge on any atom is 0.265 e. The monoisotopic (exact) mass is 284 g/mol. The highest BCUT2D eigenvalue weighted by atomic mass is 32.1. The van der Waals surface area contributed by atoms with Gasteiger partial charge in [-0.1, -0.05) is 32.1 Å². The van der Waals surface area contributed by atoms with Crippen LogP contribution >= 0.6 is 11.3 Å². The second kappa shape index (κ2) is 6.75. The molecular formula is C13H24N4OS. The summed E-state index contributed by atoms with van der Waals surface area (Å²) in [6.07, 6.45) is 0.907. The quantitative estimate of drug-likeness (QED) is 0.841. The van der Waals surface area contributed by atoms with E-state index in [0.29, 0.717) is 16.6 Å². The van der Waals surface area contributed by atoms with E-state index >= 15 is 0 Å². The lowest BCUT2D eigenvalue weighted by Gasteiger charge is -2.20. The topological polar surface area (TPSA) is 71.2 Å². The lowest BCUT2D eigenvalue weighted by atomic mass is 10.0. The number of hydrogen-bond donors (Lipinski definition) is 2. The van der Waals surface area contributed by atoms with Crippen molar-refractivity contribution in [3.05, 3.63) is 4.88 Å². The molecule has 19 heavy (non-hydrogen) atoms. The summed E-state index contributed by atoms with van der Waals surface area (Å²) in [7, 11) is 1.93. The molecule has 0 aromatic carbocycles. The molecule has 0 spiro atoms. The van der Waals surface area contributed by atoms with Gasteiger partial charge in [0.2, 0.25) is 0 Å². The number of anilines is 2. The Morgan fingerprint density at radius 2 is 2.11 bits per heavy atom. The van der Waals surface area contributed by atoms with Gasteiger partial charge in [-0.2, -0.15) is 0 Å². The highest BCUT2D eigenvalue weighted by Gasteiger charge is 2.21. The number of nitrogens with one attached hydrogen (secondary N) is 1. The third-order valence-electron chi connectivity index (χ3n) is 3.21. The molecule has 1 aromatic heterocycles. The Labute approximate surface area is 119 Å². The van der Waals surface area contributed by atoms with Gasteiger partial charge in [0, 0.05) is 19.6 Å². The van der Waals surface area contributed by atoms with E-state index in [1.165, 1.54) is 11.3 Å². The Morgan fingerprint density at radius 3 is 2.58 bits per heavy atom. The Morgan fingerprint density at radius 1 is 1.47 bits per heavy atom. The summed E-state index contributed by atoms with van der Waals surface area (Å²) in [6, 6.07) is 0.168. The van der Waals surface area contributed by atoms with Crippen molar-refractivity contribution in [2.24, 2.45) is 5.92 Å². The lowest BCUT2D eigenvalue weighted by Crippen LogP contribution is -2.37. The third-order valence-corrected chi connectivity index (χ3v) is 4.39. The molecule has 5 nitrogen and oxygen atoms in total. The molecule has 0 aliphatic heterocycles. The summed E-state index contributed by atoms with van der Waals surface area (Å²) in [6.45, 7) is 9.12. The van der Waals surface area contributed by atoms with E-state index in [9.17, 15) is 4.79 Å². The number of nitrogens with zero attached hydrogens (tertiary/aromatic N) is 2. The molecule has 6 heteroatoms. The molecule has 1 atom stereocenters. The minimum atomic E-state index is -0.119. The van der Waals surface area contributed by atoms with Crippen LogP contribution in [0, 0.1) is 5.92 Å². The summed E-state index contributed by atoms with van der Waals surface area (Å²) >= 11 is 1.34. The van der Waals surface area contributed by atoms with E-state index in [0.717, 1.165) is 18.1 Å². The fraction of sp³-hybridized carbons (Fsp3) is 0.692. The van der Waals surface area contributed by atoms with E-state index in [1.807, 2.05) is 18.9 Å². The van der Waals surface area contributed by atoms with Gasteiger partial charge < -0.3 is 16.0 Å². The van der Waals surface area contributed by atoms with Crippen LogP contribution in [0.15, 0.2) is 0 Å². The summed E-state index contributed by atoms with van der Waals surface area (Å²) in [5.74, 6) is 0.601. The molecule has 108 valence electrons. The summed E-state index contributed by atoms with van der Waals surface area (Å²) in [5, 5.41) is 3.81. The second-order valence-corrected chi connectivity index (χ2v) is 5.93. The summed E-state index contributed by atoms with van der Waals surface area (Å²) in [4.78, 5) is 18.9. The average Bonchev–Trinajstić information content (AvgIpc) is 2.76. The van der Waals surface area contributed by atoms with E-state index in [2.05, 4.69) is 31.1 Å². The largest absolute Gasteiger partial charge is 0.382 e. The molecule has 0 bridgehead atoms. The van der Waals surface area contributed by atoms with Crippen molar-refractivity contribution in [3.63, 3.8) is 0 Å². The van der Waals surface area contributed by atoms with Gasteiger partial charge in [0.05, 0.1) is 0 Å². The molecule has 1 amide bonds. The van der Waals surface area contributed by atoms with Gasteiger partial charge in [0.25, 0.3) is 5.91 Å². The van der Waals surface area contributed by atoms with Crippen molar-refractivity contribution < 1.29 is 4.79 Å². The number of thiazole rings is 1. The van der Waals surface area contributed by atoms with E-state index in [-0.39, 0.29) is 11.9 Å². The molecule has 1 heterocycles. The normalized spacial score (nSPS) is 12.5.